The van der Waals surface area contributed by atoms with E-state index < -0.39 is 5.97 Å². The SMILES string of the molecule is Cc1c(Br)cncc1C(=O)N1CCCCC1CC(=O)O. The van der Waals surface area contributed by atoms with Crippen LogP contribution in [0.3, 0.4) is 0 Å². The highest BCUT2D eigenvalue weighted by atomic mass is 79.9. The Labute approximate surface area is 126 Å². The van der Waals surface area contributed by atoms with Crippen molar-refractivity contribution in [3.63, 3.8) is 0 Å². The van der Waals surface area contributed by atoms with Crippen LogP contribution in [-0.4, -0.2) is 39.5 Å². The Hall–Kier alpha value is -1.43. The lowest BCUT2D eigenvalue weighted by molar-refractivity contribution is -0.138. The summed E-state index contributed by atoms with van der Waals surface area (Å²) in [6, 6.07) is -0.216. The van der Waals surface area contributed by atoms with Gasteiger partial charge in [-0.3, -0.25) is 14.6 Å². The van der Waals surface area contributed by atoms with E-state index in [1.165, 1.54) is 0 Å². The highest BCUT2D eigenvalue weighted by Gasteiger charge is 2.30. The Balaban J connectivity index is 2.25. The number of carbonyl (C=O) groups excluding carboxylic acids is 1. The molecule has 0 saturated carbocycles. The average molecular weight is 341 g/mol. The molecule has 1 fully saturated rings. The molecule has 1 atom stereocenters. The molecule has 1 aliphatic rings. The highest BCUT2D eigenvalue weighted by molar-refractivity contribution is 9.10. The summed E-state index contributed by atoms with van der Waals surface area (Å²) in [5, 5.41) is 8.98. The summed E-state index contributed by atoms with van der Waals surface area (Å²) in [6.07, 6.45) is 5.84. The summed E-state index contributed by atoms with van der Waals surface area (Å²) in [5.41, 5.74) is 1.38. The third-order valence-electron chi connectivity index (χ3n) is 3.68. The Bertz CT molecular complexity index is 533. The summed E-state index contributed by atoms with van der Waals surface area (Å²) >= 11 is 3.37. The maximum Gasteiger partial charge on any atom is 0.305 e. The van der Waals surface area contributed by atoms with Crippen molar-refractivity contribution in [3.8, 4) is 0 Å². The Kier molecular flexibility index (Phi) is 4.75. The third kappa shape index (κ3) is 3.17. The van der Waals surface area contributed by atoms with E-state index in [0.717, 1.165) is 29.3 Å². The minimum absolute atomic E-state index is 0.00617. The van der Waals surface area contributed by atoms with E-state index in [1.54, 1.807) is 17.3 Å². The van der Waals surface area contributed by atoms with Gasteiger partial charge in [-0.15, -0.1) is 0 Å². The molecule has 1 aromatic heterocycles. The predicted octanol–water partition coefficient (Wildman–Crippen LogP) is 2.62. The molecule has 20 heavy (non-hydrogen) atoms. The van der Waals surface area contributed by atoms with E-state index in [4.69, 9.17) is 5.11 Å². The number of likely N-dealkylation sites (tertiary alicyclic amines) is 1. The first-order valence-corrected chi connectivity index (χ1v) is 7.43. The largest absolute Gasteiger partial charge is 0.481 e. The molecular formula is C14H17BrN2O3. The normalized spacial score (nSPS) is 18.9. The topological polar surface area (TPSA) is 70.5 Å². The first kappa shape index (κ1) is 15.0. The van der Waals surface area contributed by atoms with Crippen LogP contribution in [0.4, 0.5) is 0 Å². The van der Waals surface area contributed by atoms with E-state index in [9.17, 15) is 9.59 Å². The first-order chi connectivity index (χ1) is 9.50. The molecule has 2 heterocycles. The minimum atomic E-state index is -0.862. The van der Waals surface area contributed by atoms with Crippen molar-refractivity contribution in [2.75, 3.05) is 6.54 Å². The molecule has 0 aliphatic carbocycles. The number of aromatic nitrogens is 1. The quantitative estimate of drug-likeness (QED) is 0.918. The van der Waals surface area contributed by atoms with Crippen LogP contribution in [0.2, 0.25) is 0 Å². The van der Waals surface area contributed by atoms with Crippen molar-refractivity contribution in [3.05, 3.63) is 28.0 Å². The second kappa shape index (κ2) is 6.35. The Morgan fingerprint density at radius 2 is 2.20 bits per heavy atom. The van der Waals surface area contributed by atoms with Gasteiger partial charge in [0.1, 0.15) is 0 Å². The molecule has 1 aromatic rings. The van der Waals surface area contributed by atoms with E-state index in [0.29, 0.717) is 12.1 Å². The van der Waals surface area contributed by atoms with Crippen LogP contribution in [0.5, 0.6) is 0 Å². The molecular weight excluding hydrogens is 324 g/mol. The van der Waals surface area contributed by atoms with Gasteiger partial charge < -0.3 is 10.0 Å². The first-order valence-electron chi connectivity index (χ1n) is 6.63. The molecule has 1 aliphatic heterocycles. The van der Waals surface area contributed by atoms with Crippen LogP contribution in [-0.2, 0) is 4.79 Å². The van der Waals surface area contributed by atoms with Gasteiger partial charge >= 0.3 is 5.97 Å². The number of aliphatic carboxylic acids is 1. The molecule has 0 bridgehead atoms. The smallest absolute Gasteiger partial charge is 0.305 e. The van der Waals surface area contributed by atoms with Gasteiger partial charge in [-0.25, -0.2) is 0 Å². The molecule has 0 radical (unpaired) electrons. The maximum atomic E-state index is 12.6. The van der Waals surface area contributed by atoms with Crippen molar-refractivity contribution in [1.29, 1.82) is 0 Å². The third-order valence-corrected chi connectivity index (χ3v) is 4.48. The molecule has 0 aromatic carbocycles. The zero-order valence-electron chi connectivity index (χ0n) is 11.3. The number of amides is 1. The van der Waals surface area contributed by atoms with Crippen molar-refractivity contribution in [1.82, 2.24) is 9.88 Å². The fraction of sp³-hybridized carbons (Fsp3) is 0.500. The van der Waals surface area contributed by atoms with E-state index in [1.807, 2.05) is 6.92 Å². The van der Waals surface area contributed by atoms with E-state index in [-0.39, 0.29) is 18.4 Å². The van der Waals surface area contributed by atoms with Crippen molar-refractivity contribution in [2.45, 2.75) is 38.6 Å². The molecule has 1 amide bonds. The summed E-state index contributed by atoms with van der Waals surface area (Å²) < 4.78 is 0.787. The molecule has 108 valence electrons. The summed E-state index contributed by atoms with van der Waals surface area (Å²) in [5.74, 6) is -0.985. The number of rotatable bonds is 3. The number of hydrogen-bond acceptors (Lipinski definition) is 3. The fourth-order valence-corrected chi connectivity index (χ4v) is 2.88. The number of carboxylic acid groups (broad SMARTS) is 1. The molecule has 1 N–H and O–H groups in total. The van der Waals surface area contributed by atoms with Gasteiger partial charge in [0.25, 0.3) is 5.91 Å². The lowest BCUT2D eigenvalue weighted by atomic mass is 9.98. The second-order valence-corrected chi connectivity index (χ2v) is 5.89. The van der Waals surface area contributed by atoms with Crippen LogP contribution in [0.25, 0.3) is 0 Å². The predicted molar refractivity (Wildman–Crippen MR) is 77.6 cm³/mol. The molecule has 1 unspecified atom stereocenters. The lowest BCUT2D eigenvalue weighted by Crippen LogP contribution is -2.45. The minimum Gasteiger partial charge on any atom is -0.481 e. The van der Waals surface area contributed by atoms with Crippen LogP contribution in [0.15, 0.2) is 16.9 Å². The summed E-state index contributed by atoms with van der Waals surface area (Å²) in [4.78, 5) is 29.3. The van der Waals surface area contributed by atoms with Gasteiger partial charge in [-0.05, 0) is 47.7 Å². The van der Waals surface area contributed by atoms with Gasteiger partial charge in [0, 0.05) is 29.5 Å². The number of hydrogen-bond donors (Lipinski definition) is 1. The monoisotopic (exact) mass is 340 g/mol. The molecule has 0 spiro atoms. The molecule has 1 saturated heterocycles. The molecule has 5 nitrogen and oxygen atoms in total. The second-order valence-electron chi connectivity index (χ2n) is 5.04. The van der Waals surface area contributed by atoms with E-state index >= 15 is 0 Å². The zero-order valence-corrected chi connectivity index (χ0v) is 12.9. The van der Waals surface area contributed by atoms with Gasteiger partial charge in [-0.2, -0.15) is 0 Å². The van der Waals surface area contributed by atoms with Crippen LogP contribution in [0.1, 0.15) is 41.6 Å². The number of carbonyl (C=O) groups is 2. The highest BCUT2D eigenvalue weighted by Crippen LogP contribution is 2.25. The van der Waals surface area contributed by atoms with Crippen molar-refractivity contribution >= 4 is 27.8 Å². The maximum absolute atomic E-state index is 12.6. The van der Waals surface area contributed by atoms with Crippen LogP contribution >= 0.6 is 15.9 Å². The molecule has 6 heteroatoms. The van der Waals surface area contributed by atoms with Gasteiger partial charge in [0.05, 0.1) is 12.0 Å². The van der Waals surface area contributed by atoms with Crippen molar-refractivity contribution < 1.29 is 14.7 Å². The number of halogens is 1. The Morgan fingerprint density at radius 1 is 1.45 bits per heavy atom. The zero-order chi connectivity index (χ0) is 14.7. The van der Waals surface area contributed by atoms with Crippen molar-refractivity contribution in [2.24, 2.45) is 0 Å². The Morgan fingerprint density at radius 3 is 2.90 bits per heavy atom. The van der Waals surface area contributed by atoms with Crippen LogP contribution < -0.4 is 0 Å². The average Bonchev–Trinajstić information content (AvgIpc) is 2.41. The van der Waals surface area contributed by atoms with Gasteiger partial charge in [0.2, 0.25) is 0 Å². The molecule has 2 rings (SSSR count). The number of pyridine rings is 1. The van der Waals surface area contributed by atoms with Gasteiger partial charge in [0.15, 0.2) is 0 Å². The summed E-state index contributed by atoms with van der Waals surface area (Å²) in [6.45, 7) is 2.47. The number of nitrogens with zero attached hydrogens (tertiary/aromatic N) is 2. The standard InChI is InChI=1S/C14H17BrN2O3/c1-9-11(7-16-8-12(9)15)14(20)17-5-3-2-4-10(17)6-13(18)19/h7-8,10H,2-6H2,1H3,(H,18,19). The van der Waals surface area contributed by atoms with Gasteiger partial charge in [-0.1, -0.05) is 0 Å². The fourth-order valence-electron chi connectivity index (χ4n) is 2.55. The lowest BCUT2D eigenvalue weighted by Gasteiger charge is -2.35. The number of piperidine rings is 1. The number of carboxylic acids is 1. The summed E-state index contributed by atoms with van der Waals surface area (Å²) in [7, 11) is 0. The van der Waals surface area contributed by atoms with E-state index in [2.05, 4.69) is 20.9 Å². The van der Waals surface area contributed by atoms with Crippen LogP contribution in [0, 0.1) is 6.92 Å².